The SMILES string of the molecule is CCCCCCNC(=O)C1CCCN(CC(=O)NC(=O)Nc2cccc(C)c2C)C1. The van der Waals surface area contributed by atoms with Crippen LogP contribution in [0.15, 0.2) is 18.2 Å². The molecule has 1 heterocycles. The molecule has 7 nitrogen and oxygen atoms in total. The molecule has 3 N–H and O–H groups in total. The number of carbonyl (C=O) groups excluding carboxylic acids is 3. The molecular weight excluding hydrogens is 380 g/mol. The second-order valence-corrected chi connectivity index (χ2v) is 8.18. The number of imide groups is 1. The number of hydrogen-bond acceptors (Lipinski definition) is 4. The highest BCUT2D eigenvalue weighted by Crippen LogP contribution is 2.18. The standard InChI is InChI=1S/C23H36N4O3/c1-4-5-6-7-13-24-22(29)19-11-9-14-27(15-19)16-21(28)26-23(30)25-20-12-8-10-17(2)18(20)3/h8,10,12,19H,4-7,9,11,13-16H2,1-3H3,(H,24,29)(H2,25,26,28,30). The van der Waals surface area contributed by atoms with Gasteiger partial charge in [-0.3, -0.25) is 19.8 Å². The predicted octanol–water partition coefficient (Wildman–Crippen LogP) is 3.36. The molecule has 0 radical (unpaired) electrons. The summed E-state index contributed by atoms with van der Waals surface area (Å²) in [5, 5.41) is 8.14. The monoisotopic (exact) mass is 416 g/mol. The third-order valence-corrected chi connectivity index (χ3v) is 5.68. The highest BCUT2D eigenvalue weighted by Gasteiger charge is 2.27. The van der Waals surface area contributed by atoms with Crippen molar-refractivity contribution in [3.05, 3.63) is 29.3 Å². The normalized spacial score (nSPS) is 16.7. The van der Waals surface area contributed by atoms with Gasteiger partial charge in [0.05, 0.1) is 12.5 Å². The van der Waals surface area contributed by atoms with Gasteiger partial charge >= 0.3 is 6.03 Å². The van der Waals surface area contributed by atoms with Gasteiger partial charge in [-0.2, -0.15) is 0 Å². The van der Waals surface area contributed by atoms with Crippen LogP contribution >= 0.6 is 0 Å². The van der Waals surface area contributed by atoms with Gasteiger partial charge in [-0.25, -0.2) is 4.79 Å². The molecule has 30 heavy (non-hydrogen) atoms. The fraction of sp³-hybridized carbons (Fsp3) is 0.609. The molecule has 1 saturated heterocycles. The second-order valence-electron chi connectivity index (χ2n) is 8.18. The molecule has 1 aromatic rings. The van der Waals surface area contributed by atoms with Crippen molar-refractivity contribution in [3.63, 3.8) is 0 Å². The van der Waals surface area contributed by atoms with Crippen molar-refractivity contribution in [2.45, 2.75) is 59.3 Å². The Morgan fingerprint density at radius 3 is 2.70 bits per heavy atom. The maximum atomic E-state index is 12.4. The van der Waals surface area contributed by atoms with Crippen molar-refractivity contribution in [1.82, 2.24) is 15.5 Å². The van der Waals surface area contributed by atoms with Gasteiger partial charge in [0.25, 0.3) is 0 Å². The topological polar surface area (TPSA) is 90.5 Å². The Morgan fingerprint density at radius 1 is 1.13 bits per heavy atom. The average molecular weight is 417 g/mol. The quantitative estimate of drug-likeness (QED) is 0.539. The molecule has 4 amide bonds. The van der Waals surface area contributed by atoms with E-state index in [0.717, 1.165) is 43.4 Å². The molecule has 7 heteroatoms. The first-order chi connectivity index (χ1) is 14.4. The molecule has 0 aromatic heterocycles. The number of likely N-dealkylation sites (tertiary alicyclic amines) is 1. The average Bonchev–Trinajstić information content (AvgIpc) is 2.71. The van der Waals surface area contributed by atoms with Crippen molar-refractivity contribution in [2.24, 2.45) is 5.92 Å². The Hall–Kier alpha value is -2.41. The number of nitrogens with one attached hydrogen (secondary N) is 3. The van der Waals surface area contributed by atoms with Crippen LogP contribution in [0.1, 0.15) is 56.6 Å². The van der Waals surface area contributed by atoms with Crippen molar-refractivity contribution in [2.75, 3.05) is 31.5 Å². The van der Waals surface area contributed by atoms with Crippen LogP contribution in [-0.4, -0.2) is 48.9 Å². The van der Waals surface area contributed by atoms with Gasteiger partial charge in [0.15, 0.2) is 0 Å². The van der Waals surface area contributed by atoms with E-state index in [0.29, 0.717) is 18.8 Å². The largest absolute Gasteiger partial charge is 0.356 e. The Kier molecular flexibility index (Phi) is 9.80. The maximum Gasteiger partial charge on any atom is 0.325 e. The zero-order valence-corrected chi connectivity index (χ0v) is 18.6. The first-order valence-electron chi connectivity index (χ1n) is 11.1. The lowest BCUT2D eigenvalue weighted by molar-refractivity contribution is -0.128. The molecule has 0 saturated carbocycles. The minimum atomic E-state index is -0.535. The molecule has 166 valence electrons. The number of aryl methyl sites for hydroxylation is 1. The molecular formula is C23H36N4O3. The lowest BCUT2D eigenvalue weighted by Crippen LogP contribution is -2.48. The third kappa shape index (κ3) is 7.78. The molecule has 0 bridgehead atoms. The first-order valence-corrected chi connectivity index (χ1v) is 11.1. The van der Waals surface area contributed by atoms with Gasteiger partial charge in [0.2, 0.25) is 11.8 Å². The van der Waals surface area contributed by atoms with Crippen LogP contribution in [0.25, 0.3) is 0 Å². The van der Waals surface area contributed by atoms with Crippen LogP contribution in [0.2, 0.25) is 0 Å². The van der Waals surface area contributed by atoms with Crippen molar-refractivity contribution in [3.8, 4) is 0 Å². The number of anilines is 1. The fourth-order valence-electron chi connectivity index (χ4n) is 3.73. The lowest BCUT2D eigenvalue weighted by atomic mass is 9.97. The number of piperidine rings is 1. The summed E-state index contributed by atoms with van der Waals surface area (Å²) in [5.74, 6) is -0.385. The zero-order chi connectivity index (χ0) is 21.9. The second kappa shape index (κ2) is 12.3. The van der Waals surface area contributed by atoms with E-state index in [2.05, 4.69) is 22.9 Å². The number of carbonyl (C=O) groups is 3. The Morgan fingerprint density at radius 2 is 1.93 bits per heavy atom. The fourth-order valence-corrected chi connectivity index (χ4v) is 3.73. The summed E-state index contributed by atoms with van der Waals surface area (Å²) in [4.78, 5) is 38.8. The minimum Gasteiger partial charge on any atom is -0.356 e. The van der Waals surface area contributed by atoms with E-state index in [1.54, 1.807) is 0 Å². The Bertz CT molecular complexity index is 735. The van der Waals surface area contributed by atoms with Gasteiger partial charge < -0.3 is 10.6 Å². The molecule has 1 unspecified atom stereocenters. The molecule has 0 spiro atoms. The van der Waals surface area contributed by atoms with E-state index in [1.165, 1.54) is 12.8 Å². The summed E-state index contributed by atoms with van der Waals surface area (Å²) < 4.78 is 0. The molecule has 0 aliphatic carbocycles. The Balaban J connectivity index is 1.74. The number of urea groups is 1. The number of amides is 4. The number of benzene rings is 1. The van der Waals surface area contributed by atoms with E-state index in [9.17, 15) is 14.4 Å². The minimum absolute atomic E-state index is 0.0734. The summed E-state index contributed by atoms with van der Waals surface area (Å²) in [6.07, 6.45) is 6.23. The van der Waals surface area contributed by atoms with Crippen molar-refractivity contribution < 1.29 is 14.4 Å². The van der Waals surface area contributed by atoms with E-state index in [1.807, 2.05) is 36.9 Å². The Labute approximate surface area is 180 Å². The van der Waals surface area contributed by atoms with Crippen LogP contribution in [-0.2, 0) is 9.59 Å². The van der Waals surface area contributed by atoms with E-state index in [4.69, 9.17) is 0 Å². The number of unbranched alkanes of at least 4 members (excludes halogenated alkanes) is 3. The molecule has 1 atom stereocenters. The van der Waals surface area contributed by atoms with Gasteiger partial charge in [-0.15, -0.1) is 0 Å². The molecule has 1 aliphatic heterocycles. The molecule has 1 aromatic carbocycles. The van der Waals surface area contributed by atoms with Crippen molar-refractivity contribution in [1.29, 1.82) is 0 Å². The van der Waals surface area contributed by atoms with Gasteiger partial charge in [-0.05, 0) is 56.8 Å². The van der Waals surface area contributed by atoms with E-state index in [-0.39, 0.29) is 24.3 Å². The van der Waals surface area contributed by atoms with E-state index >= 15 is 0 Å². The van der Waals surface area contributed by atoms with Gasteiger partial charge in [-0.1, -0.05) is 38.3 Å². The highest BCUT2D eigenvalue weighted by molar-refractivity contribution is 6.02. The number of nitrogens with zero attached hydrogens (tertiary/aromatic N) is 1. The van der Waals surface area contributed by atoms with Crippen LogP contribution in [0.5, 0.6) is 0 Å². The summed E-state index contributed by atoms with van der Waals surface area (Å²) in [6.45, 7) is 8.19. The molecule has 1 aliphatic rings. The molecule has 1 fully saturated rings. The number of rotatable bonds is 9. The highest BCUT2D eigenvalue weighted by atomic mass is 16.2. The summed E-state index contributed by atoms with van der Waals surface area (Å²) in [5.41, 5.74) is 2.73. The number of hydrogen-bond donors (Lipinski definition) is 3. The van der Waals surface area contributed by atoms with Crippen LogP contribution in [0.4, 0.5) is 10.5 Å². The van der Waals surface area contributed by atoms with Crippen molar-refractivity contribution >= 4 is 23.5 Å². The molecule has 2 rings (SSSR count). The maximum absolute atomic E-state index is 12.4. The summed E-state index contributed by atoms with van der Waals surface area (Å²) in [7, 11) is 0. The summed E-state index contributed by atoms with van der Waals surface area (Å²) in [6, 6.07) is 5.11. The first kappa shape index (κ1) is 23.9. The third-order valence-electron chi connectivity index (χ3n) is 5.68. The van der Waals surface area contributed by atoms with Crippen LogP contribution < -0.4 is 16.0 Å². The zero-order valence-electron chi connectivity index (χ0n) is 18.6. The van der Waals surface area contributed by atoms with Gasteiger partial charge in [0.1, 0.15) is 0 Å². The van der Waals surface area contributed by atoms with Crippen LogP contribution in [0, 0.1) is 19.8 Å². The lowest BCUT2D eigenvalue weighted by Gasteiger charge is -2.31. The predicted molar refractivity (Wildman–Crippen MR) is 119 cm³/mol. The van der Waals surface area contributed by atoms with E-state index < -0.39 is 6.03 Å². The smallest absolute Gasteiger partial charge is 0.325 e. The van der Waals surface area contributed by atoms with Gasteiger partial charge in [0, 0.05) is 18.8 Å². The summed E-state index contributed by atoms with van der Waals surface area (Å²) >= 11 is 0. The van der Waals surface area contributed by atoms with Crippen LogP contribution in [0.3, 0.4) is 0 Å².